The second kappa shape index (κ2) is 8.53. The summed E-state index contributed by atoms with van der Waals surface area (Å²) in [5, 5.41) is 0. The minimum absolute atomic E-state index is 0.0384. The fourth-order valence-electron chi connectivity index (χ4n) is 2.41. The summed E-state index contributed by atoms with van der Waals surface area (Å²) in [5.41, 5.74) is 0.112. The number of alkyl halides is 3. The molecule has 1 heterocycles. The Bertz CT molecular complexity index is 802. The average molecular weight is 386 g/mol. The molecule has 0 aliphatic rings. The largest absolute Gasteiger partial charge is 0.417 e. The molecule has 0 aliphatic carbocycles. The van der Waals surface area contributed by atoms with Crippen LogP contribution < -0.4 is 4.72 Å². The lowest BCUT2D eigenvalue weighted by Crippen LogP contribution is -2.14. The van der Waals surface area contributed by atoms with Gasteiger partial charge in [-0.1, -0.05) is 38.3 Å². The molecular weight excluding hydrogens is 365 g/mol. The van der Waals surface area contributed by atoms with E-state index in [1.807, 2.05) is 0 Å². The van der Waals surface area contributed by atoms with Crippen LogP contribution in [0.25, 0.3) is 0 Å². The van der Waals surface area contributed by atoms with Crippen LogP contribution in [0.4, 0.5) is 19.0 Å². The summed E-state index contributed by atoms with van der Waals surface area (Å²) in [6.45, 7) is 2.14. The van der Waals surface area contributed by atoms with E-state index < -0.39 is 21.8 Å². The number of hydrogen-bond donors (Lipinski definition) is 1. The number of aromatic nitrogens is 1. The van der Waals surface area contributed by atoms with Crippen LogP contribution >= 0.6 is 0 Å². The van der Waals surface area contributed by atoms with Crippen molar-refractivity contribution in [2.45, 2.75) is 50.1 Å². The van der Waals surface area contributed by atoms with E-state index in [1.165, 1.54) is 18.6 Å². The molecule has 0 saturated heterocycles. The number of nitrogens with zero attached hydrogens (tertiary/aromatic N) is 1. The molecule has 0 amide bonds. The highest BCUT2D eigenvalue weighted by Crippen LogP contribution is 2.29. The summed E-state index contributed by atoms with van der Waals surface area (Å²) in [6, 6.07) is 8.25. The molecule has 2 aromatic rings. The molecule has 1 aromatic carbocycles. The molecule has 4 nitrogen and oxygen atoms in total. The van der Waals surface area contributed by atoms with E-state index in [2.05, 4.69) is 16.6 Å². The minimum atomic E-state index is -4.52. The van der Waals surface area contributed by atoms with E-state index in [1.54, 1.807) is 12.1 Å². The van der Waals surface area contributed by atoms with Crippen LogP contribution in [0.15, 0.2) is 47.5 Å². The normalized spacial score (nSPS) is 12.2. The summed E-state index contributed by atoms with van der Waals surface area (Å²) in [6.07, 6.45) is 1.48. The smallest absolute Gasteiger partial charge is 0.263 e. The van der Waals surface area contributed by atoms with Gasteiger partial charge in [0.05, 0.1) is 10.5 Å². The molecule has 0 unspecified atom stereocenters. The van der Waals surface area contributed by atoms with Gasteiger partial charge in [0.25, 0.3) is 10.0 Å². The zero-order chi connectivity index (χ0) is 19.2. The maximum atomic E-state index is 12.5. The van der Waals surface area contributed by atoms with Crippen molar-refractivity contribution in [1.29, 1.82) is 0 Å². The van der Waals surface area contributed by atoms with Crippen molar-refractivity contribution in [2.24, 2.45) is 0 Å². The number of hydrogen-bond acceptors (Lipinski definition) is 3. The van der Waals surface area contributed by atoms with Crippen LogP contribution in [-0.4, -0.2) is 13.4 Å². The Hall–Kier alpha value is -2.09. The highest BCUT2D eigenvalue weighted by atomic mass is 32.2. The van der Waals surface area contributed by atoms with Crippen molar-refractivity contribution in [2.75, 3.05) is 4.72 Å². The summed E-state index contributed by atoms with van der Waals surface area (Å²) in [4.78, 5) is 3.56. The van der Waals surface area contributed by atoms with Gasteiger partial charge >= 0.3 is 6.18 Å². The average Bonchev–Trinajstić information content (AvgIpc) is 2.58. The van der Waals surface area contributed by atoms with Crippen molar-refractivity contribution in [1.82, 2.24) is 4.98 Å². The minimum Gasteiger partial charge on any atom is -0.263 e. The molecule has 0 saturated carbocycles. The summed E-state index contributed by atoms with van der Waals surface area (Å²) >= 11 is 0. The molecule has 1 aromatic heterocycles. The van der Waals surface area contributed by atoms with E-state index >= 15 is 0 Å². The standard InChI is InChI=1S/C18H21F3N2O2S/c1-2-3-4-5-6-14-7-10-16(11-8-14)26(24,25)23-17-12-9-15(13-22-17)18(19,20)21/h7-13H,2-6H2,1H3,(H,22,23). The van der Waals surface area contributed by atoms with Gasteiger partial charge in [-0.25, -0.2) is 13.4 Å². The van der Waals surface area contributed by atoms with Crippen molar-refractivity contribution < 1.29 is 21.6 Å². The Morgan fingerprint density at radius 2 is 1.69 bits per heavy atom. The van der Waals surface area contributed by atoms with Gasteiger partial charge in [0.2, 0.25) is 0 Å². The van der Waals surface area contributed by atoms with Gasteiger partial charge in [0.1, 0.15) is 5.82 Å². The van der Waals surface area contributed by atoms with Crippen LogP contribution in [0, 0.1) is 0 Å². The van der Waals surface area contributed by atoms with E-state index in [9.17, 15) is 21.6 Å². The topological polar surface area (TPSA) is 59.1 Å². The zero-order valence-electron chi connectivity index (χ0n) is 14.4. The van der Waals surface area contributed by atoms with E-state index in [4.69, 9.17) is 0 Å². The molecule has 0 aliphatic heterocycles. The number of halogens is 3. The monoisotopic (exact) mass is 386 g/mol. The van der Waals surface area contributed by atoms with Crippen LogP contribution in [0.1, 0.15) is 43.7 Å². The van der Waals surface area contributed by atoms with Crippen LogP contribution in [0.2, 0.25) is 0 Å². The molecule has 0 atom stereocenters. The Kier molecular flexibility index (Phi) is 6.63. The van der Waals surface area contributed by atoms with E-state index in [0.29, 0.717) is 6.20 Å². The summed E-state index contributed by atoms with van der Waals surface area (Å²) in [5.74, 6) is -0.165. The van der Waals surface area contributed by atoms with Crippen LogP contribution in [0.5, 0.6) is 0 Å². The van der Waals surface area contributed by atoms with Crippen LogP contribution in [-0.2, 0) is 22.6 Å². The van der Waals surface area contributed by atoms with E-state index in [0.717, 1.165) is 43.4 Å². The van der Waals surface area contributed by atoms with Crippen molar-refractivity contribution in [3.8, 4) is 0 Å². The van der Waals surface area contributed by atoms with Gasteiger partial charge in [-0.05, 0) is 42.7 Å². The summed E-state index contributed by atoms with van der Waals surface area (Å²) in [7, 11) is -3.90. The van der Waals surface area contributed by atoms with Crippen LogP contribution in [0.3, 0.4) is 0 Å². The second-order valence-corrected chi connectivity index (χ2v) is 7.67. The number of unbranched alkanes of at least 4 members (excludes halogenated alkanes) is 3. The Morgan fingerprint density at radius 1 is 1.00 bits per heavy atom. The van der Waals surface area contributed by atoms with Gasteiger partial charge in [-0.15, -0.1) is 0 Å². The highest BCUT2D eigenvalue weighted by molar-refractivity contribution is 7.92. The number of anilines is 1. The second-order valence-electron chi connectivity index (χ2n) is 5.99. The molecule has 1 N–H and O–H groups in total. The van der Waals surface area contributed by atoms with Gasteiger partial charge < -0.3 is 0 Å². The SMILES string of the molecule is CCCCCCc1ccc(S(=O)(=O)Nc2ccc(C(F)(F)F)cn2)cc1. The maximum Gasteiger partial charge on any atom is 0.417 e. The first-order chi connectivity index (χ1) is 12.2. The predicted octanol–water partition coefficient (Wildman–Crippen LogP) is 5.02. The van der Waals surface area contributed by atoms with Gasteiger partial charge in [0.15, 0.2) is 0 Å². The number of sulfonamides is 1. The summed E-state index contributed by atoms with van der Waals surface area (Å²) < 4.78 is 64.4. The molecule has 0 spiro atoms. The van der Waals surface area contributed by atoms with E-state index in [-0.39, 0.29) is 10.7 Å². The van der Waals surface area contributed by atoms with Crippen molar-refractivity contribution in [3.63, 3.8) is 0 Å². The molecule has 0 fully saturated rings. The highest BCUT2D eigenvalue weighted by Gasteiger charge is 2.30. The molecule has 8 heteroatoms. The lowest BCUT2D eigenvalue weighted by molar-refractivity contribution is -0.137. The molecule has 26 heavy (non-hydrogen) atoms. The maximum absolute atomic E-state index is 12.5. The predicted molar refractivity (Wildman–Crippen MR) is 94.3 cm³/mol. The third-order valence-corrected chi connectivity index (χ3v) is 5.25. The zero-order valence-corrected chi connectivity index (χ0v) is 15.2. The molecule has 142 valence electrons. The first kappa shape index (κ1) is 20.2. The molecule has 0 bridgehead atoms. The Labute approximate surface area is 151 Å². The third kappa shape index (κ3) is 5.72. The number of pyridine rings is 1. The van der Waals surface area contributed by atoms with Crippen molar-refractivity contribution in [3.05, 3.63) is 53.7 Å². The number of aryl methyl sites for hydroxylation is 1. The first-order valence-electron chi connectivity index (χ1n) is 8.37. The van der Waals surface area contributed by atoms with Gasteiger partial charge in [0, 0.05) is 6.20 Å². The number of rotatable bonds is 8. The van der Waals surface area contributed by atoms with Gasteiger partial charge in [-0.2, -0.15) is 13.2 Å². The Morgan fingerprint density at radius 3 is 2.23 bits per heavy atom. The quantitative estimate of drug-likeness (QED) is 0.648. The fraction of sp³-hybridized carbons (Fsp3) is 0.389. The first-order valence-corrected chi connectivity index (χ1v) is 9.85. The molecular formula is C18H21F3N2O2S. The van der Waals surface area contributed by atoms with Gasteiger partial charge in [-0.3, -0.25) is 4.72 Å². The molecule has 0 radical (unpaired) electrons. The van der Waals surface area contributed by atoms with Crippen molar-refractivity contribution >= 4 is 15.8 Å². The lowest BCUT2D eigenvalue weighted by Gasteiger charge is -2.10. The fourth-order valence-corrected chi connectivity index (χ4v) is 3.42. The number of nitrogens with one attached hydrogen (secondary N) is 1. The molecule has 2 rings (SSSR count). The lowest BCUT2D eigenvalue weighted by atomic mass is 10.1. The Balaban J connectivity index is 2.03. The third-order valence-electron chi connectivity index (χ3n) is 3.88. The number of benzene rings is 1.